The lowest BCUT2D eigenvalue weighted by Crippen LogP contribution is -2.23. The number of aliphatic hydroxyl groups is 1. The Morgan fingerprint density at radius 2 is 2.03 bits per heavy atom. The molecule has 0 spiro atoms. The second-order valence-electron chi connectivity index (χ2n) is 7.56. The van der Waals surface area contributed by atoms with Crippen LogP contribution in [0.1, 0.15) is 49.8 Å². The molecule has 2 aromatic rings. The van der Waals surface area contributed by atoms with E-state index in [4.69, 9.17) is 22.0 Å². The van der Waals surface area contributed by atoms with Crippen molar-refractivity contribution in [2.45, 2.75) is 46.1 Å². The van der Waals surface area contributed by atoms with Crippen LogP contribution in [0.5, 0.6) is 0 Å². The van der Waals surface area contributed by atoms with Crippen molar-refractivity contribution < 1.29 is 13.9 Å². The van der Waals surface area contributed by atoms with Gasteiger partial charge in [0.1, 0.15) is 6.07 Å². The van der Waals surface area contributed by atoms with Crippen LogP contribution in [0.3, 0.4) is 0 Å². The zero-order chi connectivity index (χ0) is 23.7. The summed E-state index contributed by atoms with van der Waals surface area (Å²) < 4.78 is 26.0. The van der Waals surface area contributed by atoms with Gasteiger partial charge in [0.25, 0.3) is 0 Å². The number of hydrogen-bond donors (Lipinski definition) is 2. The maximum atomic E-state index is 13.2. The van der Waals surface area contributed by atoms with Gasteiger partial charge in [0.2, 0.25) is 0 Å². The highest BCUT2D eigenvalue weighted by Gasteiger charge is 2.25. The van der Waals surface area contributed by atoms with Crippen molar-refractivity contribution in [3.8, 4) is 6.07 Å². The lowest BCUT2D eigenvalue weighted by molar-refractivity contribution is 0.208. The largest absolute Gasteiger partial charge is 0.392 e. The first-order chi connectivity index (χ1) is 15.3. The number of anilines is 1. The standard InChI is InChI=1S/C13H14F2N2.C11H13ClN2O/c1-2-16-17-13(9-4-3-5-9)10-6-7-11(14)12(15)8-10;1-7(15)6-14-10-4-3-9(5-13)11(12)8(10)2/h2,6-9H,3-5H2,1H3;3-4,7,14-15H,6H2,1-2H3/b16-2-,17-13+;. The van der Waals surface area contributed by atoms with Crippen LogP contribution in [0, 0.1) is 35.8 Å². The second kappa shape index (κ2) is 12.3. The molecule has 8 heteroatoms. The molecule has 1 fully saturated rings. The molecule has 0 saturated heterocycles. The number of halogens is 3. The minimum atomic E-state index is -0.838. The summed E-state index contributed by atoms with van der Waals surface area (Å²) in [5.41, 5.74) is 3.53. The van der Waals surface area contributed by atoms with Gasteiger partial charge in [0, 0.05) is 29.9 Å². The Morgan fingerprint density at radius 3 is 2.56 bits per heavy atom. The smallest absolute Gasteiger partial charge is 0.159 e. The molecule has 32 heavy (non-hydrogen) atoms. The molecule has 3 rings (SSSR count). The molecular formula is C24H27ClF2N4O. The maximum Gasteiger partial charge on any atom is 0.159 e. The molecule has 1 atom stereocenters. The fraction of sp³-hybridized carbons (Fsp3) is 0.375. The number of nitrogens with one attached hydrogen (secondary N) is 1. The Bertz CT molecular complexity index is 1030. The molecule has 2 N–H and O–H groups in total. The third-order valence-electron chi connectivity index (χ3n) is 5.08. The molecule has 5 nitrogen and oxygen atoms in total. The van der Waals surface area contributed by atoms with Gasteiger partial charge < -0.3 is 10.4 Å². The van der Waals surface area contributed by atoms with Crippen molar-refractivity contribution in [3.05, 3.63) is 63.7 Å². The average Bonchev–Trinajstić information content (AvgIpc) is 2.73. The van der Waals surface area contributed by atoms with Crippen LogP contribution < -0.4 is 5.32 Å². The van der Waals surface area contributed by atoms with E-state index < -0.39 is 17.7 Å². The lowest BCUT2D eigenvalue weighted by Gasteiger charge is -2.26. The first-order valence-corrected chi connectivity index (χ1v) is 10.8. The van der Waals surface area contributed by atoms with Crippen molar-refractivity contribution in [1.82, 2.24) is 0 Å². The summed E-state index contributed by atoms with van der Waals surface area (Å²) in [7, 11) is 0. The molecule has 0 amide bonds. The molecule has 1 aliphatic carbocycles. The highest BCUT2D eigenvalue weighted by atomic mass is 35.5. The van der Waals surface area contributed by atoms with E-state index in [0.717, 1.165) is 42.3 Å². The fourth-order valence-electron chi connectivity index (χ4n) is 3.05. The third-order valence-corrected chi connectivity index (χ3v) is 5.57. The molecule has 0 radical (unpaired) electrons. The Balaban J connectivity index is 0.000000229. The van der Waals surface area contributed by atoms with E-state index in [9.17, 15) is 8.78 Å². The summed E-state index contributed by atoms with van der Waals surface area (Å²) in [6, 6.07) is 9.36. The normalized spacial score (nSPS) is 14.9. The molecule has 0 aromatic heterocycles. The molecule has 170 valence electrons. The van der Waals surface area contributed by atoms with Crippen LogP contribution >= 0.6 is 11.6 Å². The Hall–Kier alpha value is -2.82. The quantitative estimate of drug-likeness (QED) is 0.417. The van der Waals surface area contributed by atoms with Crippen molar-refractivity contribution in [3.63, 3.8) is 0 Å². The van der Waals surface area contributed by atoms with Crippen molar-refractivity contribution in [1.29, 1.82) is 5.26 Å². The van der Waals surface area contributed by atoms with Gasteiger partial charge in [0.05, 0.1) is 22.4 Å². The van der Waals surface area contributed by atoms with Crippen LogP contribution in [-0.2, 0) is 0 Å². The molecule has 1 saturated carbocycles. The van der Waals surface area contributed by atoms with Crippen LogP contribution in [-0.4, -0.2) is 29.7 Å². The zero-order valence-electron chi connectivity index (χ0n) is 18.4. The molecule has 1 unspecified atom stereocenters. The van der Waals surface area contributed by atoms with Gasteiger partial charge in [-0.3, -0.25) is 0 Å². The second-order valence-corrected chi connectivity index (χ2v) is 7.93. The van der Waals surface area contributed by atoms with Crippen LogP contribution in [0.15, 0.2) is 40.5 Å². The van der Waals surface area contributed by atoms with Crippen molar-refractivity contribution in [2.75, 3.05) is 11.9 Å². The molecule has 2 aromatic carbocycles. The molecule has 0 aliphatic heterocycles. The molecular weight excluding hydrogens is 434 g/mol. The van der Waals surface area contributed by atoms with Gasteiger partial charge in [-0.2, -0.15) is 15.5 Å². The highest BCUT2D eigenvalue weighted by molar-refractivity contribution is 6.32. The fourth-order valence-corrected chi connectivity index (χ4v) is 3.26. The third kappa shape index (κ3) is 6.84. The predicted molar refractivity (Wildman–Crippen MR) is 125 cm³/mol. The van der Waals surface area contributed by atoms with E-state index in [0.29, 0.717) is 28.6 Å². The minimum Gasteiger partial charge on any atom is -0.392 e. The van der Waals surface area contributed by atoms with E-state index in [1.165, 1.54) is 6.07 Å². The van der Waals surface area contributed by atoms with E-state index in [-0.39, 0.29) is 0 Å². The van der Waals surface area contributed by atoms with E-state index in [1.807, 2.05) is 13.0 Å². The maximum absolute atomic E-state index is 13.2. The van der Waals surface area contributed by atoms with E-state index in [2.05, 4.69) is 15.5 Å². The predicted octanol–water partition coefficient (Wildman–Crippen LogP) is 5.87. The highest BCUT2D eigenvalue weighted by Crippen LogP contribution is 2.31. The topological polar surface area (TPSA) is 80.8 Å². The first-order valence-electron chi connectivity index (χ1n) is 10.4. The Morgan fingerprint density at radius 1 is 1.31 bits per heavy atom. The summed E-state index contributed by atoms with van der Waals surface area (Å²) in [6.07, 6.45) is 4.40. The average molecular weight is 461 g/mol. The molecule has 0 bridgehead atoms. The summed E-state index contributed by atoms with van der Waals surface area (Å²) in [5, 5.41) is 29.4. The molecule has 1 aliphatic rings. The van der Waals surface area contributed by atoms with Gasteiger partial charge in [-0.1, -0.05) is 18.0 Å². The number of aliphatic hydroxyl groups excluding tert-OH is 1. The van der Waals surface area contributed by atoms with Gasteiger partial charge in [0.15, 0.2) is 11.6 Å². The number of hydrogen-bond acceptors (Lipinski definition) is 5. The summed E-state index contributed by atoms with van der Waals surface area (Å²) >= 11 is 5.99. The first kappa shape index (κ1) is 25.4. The van der Waals surface area contributed by atoms with E-state index >= 15 is 0 Å². The van der Waals surface area contributed by atoms with Crippen LogP contribution in [0.25, 0.3) is 0 Å². The Labute approximate surface area is 192 Å². The van der Waals surface area contributed by atoms with Gasteiger partial charge in [-0.15, -0.1) is 0 Å². The van der Waals surface area contributed by atoms with Gasteiger partial charge in [-0.25, -0.2) is 8.78 Å². The van der Waals surface area contributed by atoms with Gasteiger partial charge in [-0.05, 0) is 69.5 Å². The zero-order valence-corrected chi connectivity index (χ0v) is 19.1. The van der Waals surface area contributed by atoms with E-state index in [1.54, 1.807) is 38.3 Å². The summed E-state index contributed by atoms with van der Waals surface area (Å²) in [5.74, 6) is -1.35. The summed E-state index contributed by atoms with van der Waals surface area (Å²) in [6.45, 7) is 5.78. The number of nitrogens with zero attached hydrogens (tertiary/aromatic N) is 3. The number of nitriles is 1. The van der Waals surface area contributed by atoms with Crippen molar-refractivity contribution >= 4 is 29.2 Å². The van der Waals surface area contributed by atoms with Gasteiger partial charge >= 0.3 is 0 Å². The lowest BCUT2D eigenvalue weighted by atomic mass is 9.79. The minimum absolute atomic E-state index is 0.323. The van der Waals surface area contributed by atoms with Crippen LogP contribution in [0.4, 0.5) is 14.5 Å². The SMILES string of the molecule is C/C=N\N=C(\c1ccc(F)c(F)c1)C1CCC1.Cc1c(NCC(C)O)ccc(C#N)c1Cl. The van der Waals surface area contributed by atoms with Crippen molar-refractivity contribution in [2.24, 2.45) is 16.1 Å². The van der Waals surface area contributed by atoms with Crippen LogP contribution in [0.2, 0.25) is 5.02 Å². The molecule has 0 heterocycles. The Kier molecular flexibility index (Phi) is 9.76. The summed E-state index contributed by atoms with van der Waals surface area (Å²) in [4.78, 5) is 0. The number of rotatable bonds is 6. The number of benzene rings is 2. The monoisotopic (exact) mass is 460 g/mol.